The van der Waals surface area contributed by atoms with Crippen molar-refractivity contribution >= 4 is 22.6 Å². The molecule has 39 heavy (non-hydrogen) atoms. The van der Waals surface area contributed by atoms with Gasteiger partial charge in [-0.05, 0) is 55.8 Å². The summed E-state index contributed by atoms with van der Waals surface area (Å²) in [5, 5.41) is 15.5. The van der Waals surface area contributed by atoms with Gasteiger partial charge >= 0.3 is 6.18 Å². The largest absolute Gasteiger partial charge is 0.416 e. The zero-order chi connectivity index (χ0) is 27.2. The van der Waals surface area contributed by atoms with Gasteiger partial charge < -0.3 is 4.98 Å². The zero-order valence-electron chi connectivity index (χ0n) is 21.0. The van der Waals surface area contributed by atoms with Crippen LogP contribution >= 0.6 is 11.6 Å². The first-order valence-corrected chi connectivity index (χ1v) is 13.2. The van der Waals surface area contributed by atoms with E-state index >= 15 is 0 Å². The molecule has 2 aliphatic rings. The van der Waals surface area contributed by atoms with E-state index in [-0.39, 0.29) is 0 Å². The van der Waals surface area contributed by atoms with Crippen LogP contribution in [0.2, 0.25) is 5.02 Å². The third-order valence-electron chi connectivity index (χ3n) is 7.94. The van der Waals surface area contributed by atoms with Gasteiger partial charge in [0.15, 0.2) is 0 Å². The maximum absolute atomic E-state index is 13.1. The molecule has 0 amide bonds. The van der Waals surface area contributed by atoms with E-state index in [0.29, 0.717) is 29.6 Å². The van der Waals surface area contributed by atoms with Gasteiger partial charge in [-0.3, -0.25) is 14.5 Å². The summed E-state index contributed by atoms with van der Waals surface area (Å²) in [6, 6.07) is 8.13. The van der Waals surface area contributed by atoms with E-state index in [2.05, 4.69) is 35.9 Å². The Labute approximate surface area is 228 Å². The van der Waals surface area contributed by atoms with Crippen molar-refractivity contribution in [1.29, 1.82) is 5.26 Å². The Kier molecular flexibility index (Phi) is 6.57. The Hall–Kier alpha value is -3.46. The number of hydrogen-bond acceptors (Lipinski definition) is 6. The van der Waals surface area contributed by atoms with Crippen LogP contribution in [0.1, 0.15) is 30.4 Å². The SMILES string of the molecule is N#CCC1(n2cc(-c3ncnc4[nH]ccc34)cn2)CN(C2CCN(Cc3cc(C(F)(F)F)ccc3Cl)CC2)C1. The molecule has 12 heteroatoms. The maximum Gasteiger partial charge on any atom is 0.416 e. The number of fused-ring (bicyclic) bond motifs is 1. The Morgan fingerprint density at radius 1 is 1.15 bits per heavy atom. The van der Waals surface area contributed by atoms with Crippen molar-refractivity contribution in [3.05, 3.63) is 65.3 Å². The molecule has 0 saturated carbocycles. The van der Waals surface area contributed by atoms with Crippen molar-refractivity contribution in [2.45, 2.75) is 43.6 Å². The number of H-pyrrole nitrogens is 1. The monoisotopic (exact) mass is 554 g/mol. The molecule has 0 unspecified atom stereocenters. The van der Waals surface area contributed by atoms with Crippen LogP contribution in [0.3, 0.4) is 0 Å². The van der Waals surface area contributed by atoms with Gasteiger partial charge in [-0.15, -0.1) is 0 Å². The number of hydrogen-bond donors (Lipinski definition) is 1. The van der Waals surface area contributed by atoms with Gasteiger partial charge in [-0.2, -0.15) is 23.5 Å². The van der Waals surface area contributed by atoms with Crippen LogP contribution < -0.4 is 0 Å². The van der Waals surface area contributed by atoms with Gasteiger partial charge in [-0.25, -0.2) is 9.97 Å². The lowest BCUT2D eigenvalue weighted by atomic mass is 9.83. The second kappa shape index (κ2) is 9.93. The first-order valence-electron chi connectivity index (χ1n) is 12.8. The summed E-state index contributed by atoms with van der Waals surface area (Å²) >= 11 is 6.21. The van der Waals surface area contributed by atoms with Crippen LogP contribution in [0.4, 0.5) is 13.2 Å². The lowest BCUT2D eigenvalue weighted by molar-refractivity contribution is -0.137. The minimum atomic E-state index is -4.39. The number of nitrogens with one attached hydrogen (secondary N) is 1. The molecular weight excluding hydrogens is 529 g/mol. The smallest absolute Gasteiger partial charge is 0.346 e. The second-order valence-electron chi connectivity index (χ2n) is 10.4. The topological polar surface area (TPSA) is 89.7 Å². The summed E-state index contributed by atoms with van der Waals surface area (Å²) < 4.78 is 41.3. The number of piperidine rings is 1. The van der Waals surface area contributed by atoms with Crippen LogP contribution in [0.25, 0.3) is 22.3 Å². The molecule has 6 rings (SSSR count). The Morgan fingerprint density at radius 3 is 2.69 bits per heavy atom. The van der Waals surface area contributed by atoms with Crippen molar-refractivity contribution in [2.75, 3.05) is 26.2 Å². The summed E-state index contributed by atoms with van der Waals surface area (Å²) in [4.78, 5) is 16.3. The standard InChI is InChI=1S/C27H26ClF3N8/c28-23-2-1-20(27(29,30)31)11-18(23)13-37-9-4-21(5-10-37)38-15-26(16-38,6-7-32)39-14-19(12-36-39)24-22-3-8-33-25(22)35-17-34-24/h1-3,8,11-12,14,17,21H,4-6,9-10,13,15-16H2,(H,33,34,35). The van der Waals surface area contributed by atoms with E-state index in [1.165, 1.54) is 12.4 Å². The lowest BCUT2D eigenvalue weighted by Gasteiger charge is -2.53. The van der Waals surface area contributed by atoms with E-state index in [1.807, 2.05) is 23.1 Å². The number of nitriles is 1. The molecule has 1 N–H and O–H groups in total. The molecule has 4 aromatic rings. The summed E-state index contributed by atoms with van der Waals surface area (Å²) in [5.74, 6) is 0. The van der Waals surface area contributed by atoms with Crippen LogP contribution in [0.5, 0.6) is 0 Å². The molecule has 0 bridgehead atoms. The third-order valence-corrected chi connectivity index (χ3v) is 8.31. The predicted molar refractivity (Wildman–Crippen MR) is 140 cm³/mol. The minimum Gasteiger partial charge on any atom is -0.346 e. The fourth-order valence-corrected chi connectivity index (χ4v) is 5.99. The van der Waals surface area contributed by atoms with E-state index in [1.54, 1.807) is 6.20 Å². The van der Waals surface area contributed by atoms with Crippen molar-refractivity contribution in [3.8, 4) is 17.3 Å². The molecule has 8 nitrogen and oxygen atoms in total. The number of likely N-dealkylation sites (tertiary alicyclic amines) is 2. The molecule has 2 saturated heterocycles. The van der Waals surface area contributed by atoms with E-state index in [4.69, 9.17) is 11.6 Å². The van der Waals surface area contributed by atoms with Crippen molar-refractivity contribution < 1.29 is 13.2 Å². The number of alkyl halides is 3. The van der Waals surface area contributed by atoms with Crippen LogP contribution in [-0.4, -0.2) is 66.8 Å². The van der Waals surface area contributed by atoms with Crippen LogP contribution in [0.15, 0.2) is 49.2 Å². The molecule has 0 atom stereocenters. The molecule has 0 spiro atoms. The fraction of sp³-hybridized carbons (Fsp3) is 0.407. The highest BCUT2D eigenvalue weighted by molar-refractivity contribution is 6.31. The Morgan fingerprint density at radius 2 is 1.95 bits per heavy atom. The first-order chi connectivity index (χ1) is 18.8. The predicted octanol–water partition coefficient (Wildman–Crippen LogP) is 5.08. The molecule has 202 valence electrons. The Balaban J connectivity index is 1.10. The fourth-order valence-electron chi connectivity index (χ4n) is 5.82. The quantitative estimate of drug-likeness (QED) is 0.357. The van der Waals surface area contributed by atoms with Gasteiger partial charge in [0.2, 0.25) is 0 Å². The third kappa shape index (κ3) is 4.88. The molecule has 5 heterocycles. The molecule has 2 aliphatic heterocycles. The molecule has 1 aromatic carbocycles. The van der Waals surface area contributed by atoms with E-state index in [9.17, 15) is 18.4 Å². The van der Waals surface area contributed by atoms with Gasteiger partial charge in [0, 0.05) is 54.0 Å². The van der Waals surface area contributed by atoms with Gasteiger partial charge in [-0.1, -0.05) is 11.6 Å². The number of rotatable bonds is 6. The zero-order valence-corrected chi connectivity index (χ0v) is 21.8. The molecular formula is C27H26ClF3N8. The minimum absolute atomic E-state index is 0.348. The maximum atomic E-state index is 13.1. The number of aromatic nitrogens is 5. The average Bonchev–Trinajstić information content (AvgIpc) is 3.57. The number of halogens is 4. The normalized spacial score (nSPS) is 18.7. The Bertz CT molecular complexity index is 1520. The van der Waals surface area contributed by atoms with Gasteiger partial charge in [0.25, 0.3) is 0 Å². The van der Waals surface area contributed by atoms with Crippen molar-refractivity contribution in [2.24, 2.45) is 0 Å². The first kappa shape index (κ1) is 25.8. The lowest BCUT2D eigenvalue weighted by Crippen LogP contribution is -2.66. The molecule has 0 radical (unpaired) electrons. The van der Waals surface area contributed by atoms with Gasteiger partial charge in [0.1, 0.15) is 17.5 Å². The van der Waals surface area contributed by atoms with Crippen LogP contribution in [0, 0.1) is 11.3 Å². The van der Waals surface area contributed by atoms with E-state index in [0.717, 1.165) is 73.4 Å². The summed E-state index contributed by atoms with van der Waals surface area (Å²) in [6.07, 6.45) is 4.85. The average molecular weight is 555 g/mol. The molecule has 0 aliphatic carbocycles. The van der Waals surface area contributed by atoms with Crippen molar-refractivity contribution in [1.82, 2.24) is 34.5 Å². The number of nitrogens with zero attached hydrogens (tertiary/aromatic N) is 7. The molecule has 3 aromatic heterocycles. The summed E-state index contributed by atoms with van der Waals surface area (Å²) in [6.45, 7) is 3.36. The highest BCUT2D eigenvalue weighted by atomic mass is 35.5. The van der Waals surface area contributed by atoms with E-state index < -0.39 is 17.3 Å². The van der Waals surface area contributed by atoms with Gasteiger partial charge in [0.05, 0.1) is 29.9 Å². The number of benzene rings is 1. The summed E-state index contributed by atoms with van der Waals surface area (Å²) in [5.41, 5.74) is 1.85. The highest BCUT2D eigenvalue weighted by Gasteiger charge is 2.48. The van der Waals surface area contributed by atoms with Crippen LogP contribution in [-0.2, 0) is 18.3 Å². The van der Waals surface area contributed by atoms with Crippen molar-refractivity contribution in [3.63, 3.8) is 0 Å². The second-order valence-corrected chi connectivity index (χ2v) is 10.8. The molecule has 2 fully saturated rings. The summed E-state index contributed by atoms with van der Waals surface area (Å²) in [7, 11) is 0. The highest BCUT2D eigenvalue weighted by Crippen LogP contribution is 2.38. The number of aromatic amines is 1.